The van der Waals surface area contributed by atoms with Crippen LogP contribution in [0.3, 0.4) is 0 Å². The third-order valence-corrected chi connectivity index (χ3v) is 7.05. The smallest absolute Gasteiger partial charge is 0.194 e. The highest BCUT2D eigenvalue weighted by molar-refractivity contribution is 14.0. The van der Waals surface area contributed by atoms with Crippen molar-refractivity contribution in [3.8, 4) is 0 Å². The fraction of sp³-hybridized carbons (Fsp3) is 0.762. The summed E-state index contributed by atoms with van der Waals surface area (Å²) >= 11 is 7.75. The van der Waals surface area contributed by atoms with Crippen molar-refractivity contribution in [3.05, 3.63) is 21.3 Å². The standard InChI is InChI=1S/C21H36ClN5OS.HI/c1-3-23-21(24-16-18-6-8-25(9-7-18)14-15-28-2)27-12-10-26(11-13-27)17-19-4-5-20(22)29-19;/h4-5,18H,3,6-17H2,1-2H3,(H,23,24);1H. The van der Waals surface area contributed by atoms with E-state index in [0.717, 1.165) is 69.3 Å². The molecule has 0 aliphatic carbocycles. The van der Waals surface area contributed by atoms with E-state index in [1.165, 1.54) is 30.8 Å². The van der Waals surface area contributed by atoms with E-state index in [0.29, 0.717) is 5.92 Å². The van der Waals surface area contributed by atoms with Crippen LogP contribution in [0.1, 0.15) is 24.6 Å². The molecule has 0 unspecified atom stereocenters. The molecule has 0 aromatic carbocycles. The molecule has 2 saturated heterocycles. The maximum atomic E-state index is 6.07. The van der Waals surface area contributed by atoms with Gasteiger partial charge < -0.3 is 19.9 Å². The van der Waals surface area contributed by atoms with E-state index in [1.807, 2.05) is 6.07 Å². The quantitative estimate of drug-likeness (QED) is 0.295. The van der Waals surface area contributed by atoms with Gasteiger partial charge in [-0.2, -0.15) is 0 Å². The zero-order chi connectivity index (χ0) is 20.5. The number of piperidine rings is 1. The second-order valence-corrected chi connectivity index (χ2v) is 9.74. The second kappa shape index (κ2) is 14.1. The molecule has 1 aromatic heterocycles. The number of hydrogen-bond donors (Lipinski definition) is 1. The number of methoxy groups -OCH3 is 1. The monoisotopic (exact) mass is 569 g/mol. The topological polar surface area (TPSA) is 43.3 Å². The van der Waals surface area contributed by atoms with Gasteiger partial charge in [-0.3, -0.25) is 9.89 Å². The van der Waals surface area contributed by atoms with Crippen molar-refractivity contribution in [2.45, 2.75) is 26.3 Å². The lowest BCUT2D eigenvalue weighted by Gasteiger charge is -2.36. The molecule has 0 spiro atoms. The first-order valence-corrected chi connectivity index (χ1v) is 12.1. The zero-order valence-corrected chi connectivity index (χ0v) is 22.2. The van der Waals surface area contributed by atoms with E-state index < -0.39 is 0 Å². The summed E-state index contributed by atoms with van der Waals surface area (Å²) in [5.74, 6) is 1.79. The Labute approximate surface area is 208 Å². The van der Waals surface area contributed by atoms with Gasteiger partial charge >= 0.3 is 0 Å². The molecule has 6 nitrogen and oxygen atoms in total. The molecule has 3 heterocycles. The van der Waals surface area contributed by atoms with Crippen LogP contribution in [0.2, 0.25) is 4.34 Å². The number of halogens is 2. The fourth-order valence-corrected chi connectivity index (χ4v) is 5.16. The lowest BCUT2D eigenvalue weighted by Crippen LogP contribution is -2.52. The highest BCUT2D eigenvalue weighted by Crippen LogP contribution is 2.23. The maximum absolute atomic E-state index is 6.07. The van der Waals surface area contributed by atoms with Gasteiger partial charge in [0.25, 0.3) is 0 Å². The van der Waals surface area contributed by atoms with Crippen molar-refractivity contribution in [1.29, 1.82) is 0 Å². The van der Waals surface area contributed by atoms with Gasteiger partial charge in [-0.15, -0.1) is 35.3 Å². The van der Waals surface area contributed by atoms with Gasteiger partial charge in [0.05, 0.1) is 10.9 Å². The molecule has 0 bridgehead atoms. The Hall–Kier alpha value is -0.130. The van der Waals surface area contributed by atoms with Crippen LogP contribution in [-0.2, 0) is 11.3 Å². The average molecular weight is 570 g/mol. The Morgan fingerprint density at radius 3 is 2.50 bits per heavy atom. The van der Waals surface area contributed by atoms with Gasteiger partial charge in [0.2, 0.25) is 0 Å². The third-order valence-electron chi connectivity index (χ3n) is 5.83. The van der Waals surface area contributed by atoms with Gasteiger partial charge in [0.15, 0.2) is 5.96 Å². The van der Waals surface area contributed by atoms with Gasteiger partial charge in [0.1, 0.15) is 0 Å². The van der Waals surface area contributed by atoms with E-state index in [-0.39, 0.29) is 24.0 Å². The first-order valence-electron chi connectivity index (χ1n) is 10.9. The van der Waals surface area contributed by atoms with Crippen LogP contribution in [0.25, 0.3) is 0 Å². The Kier molecular flexibility index (Phi) is 12.3. The molecule has 3 rings (SSSR count). The van der Waals surface area contributed by atoms with Crippen LogP contribution in [0.15, 0.2) is 17.1 Å². The summed E-state index contributed by atoms with van der Waals surface area (Å²) in [4.78, 5) is 13.8. The number of thiophene rings is 1. The van der Waals surface area contributed by atoms with Gasteiger partial charge in [0, 0.05) is 64.3 Å². The highest BCUT2D eigenvalue weighted by atomic mass is 127. The summed E-state index contributed by atoms with van der Waals surface area (Å²) in [6.07, 6.45) is 2.48. The van der Waals surface area contributed by atoms with Gasteiger partial charge in [-0.05, 0) is 50.9 Å². The summed E-state index contributed by atoms with van der Waals surface area (Å²) in [6, 6.07) is 4.14. The van der Waals surface area contributed by atoms with Gasteiger partial charge in [-0.25, -0.2) is 0 Å². The van der Waals surface area contributed by atoms with Crippen LogP contribution >= 0.6 is 46.9 Å². The van der Waals surface area contributed by atoms with E-state index >= 15 is 0 Å². The highest BCUT2D eigenvalue weighted by Gasteiger charge is 2.22. The predicted molar refractivity (Wildman–Crippen MR) is 139 cm³/mol. The molecule has 2 aliphatic heterocycles. The number of hydrogen-bond acceptors (Lipinski definition) is 5. The average Bonchev–Trinajstić information content (AvgIpc) is 3.15. The van der Waals surface area contributed by atoms with Crippen molar-refractivity contribution in [1.82, 2.24) is 20.0 Å². The summed E-state index contributed by atoms with van der Waals surface area (Å²) < 4.78 is 6.08. The summed E-state index contributed by atoms with van der Waals surface area (Å²) in [7, 11) is 1.78. The number of guanidine groups is 1. The lowest BCUT2D eigenvalue weighted by atomic mass is 9.97. The van der Waals surface area contributed by atoms with E-state index in [9.17, 15) is 0 Å². The van der Waals surface area contributed by atoms with Crippen molar-refractivity contribution >= 4 is 52.9 Å². The minimum Gasteiger partial charge on any atom is -0.383 e. The predicted octanol–water partition coefficient (Wildman–Crippen LogP) is 3.46. The van der Waals surface area contributed by atoms with Crippen molar-refractivity contribution in [2.75, 3.05) is 72.6 Å². The Morgan fingerprint density at radius 1 is 1.17 bits per heavy atom. The molecule has 2 fully saturated rings. The van der Waals surface area contributed by atoms with Crippen LogP contribution in [0.4, 0.5) is 0 Å². The normalized spacial score (nSPS) is 19.7. The molecule has 0 atom stereocenters. The number of rotatable bonds is 8. The van der Waals surface area contributed by atoms with Crippen LogP contribution < -0.4 is 5.32 Å². The van der Waals surface area contributed by atoms with Gasteiger partial charge in [-0.1, -0.05) is 11.6 Å². The second-order valence-electron chi connectivity index (χ2n) is 7.94. The van der Waals surface area contributed by atoms with Crippen LogP contribution in [-0.4, -0.2) is 93.3 Å². The SMILES string of the molecule is CCNC(=NCC1CCN(CCOC)CC1)N1CCN(Cc2ccc(Cl)s2)CC1.I. The first kappa shape index (κ1) is 26.1. The summed E-state index contributed by atoms with van der Waals surface area (Å²) in [5, 5.41) is 3.51. The lowest BCUT2D eigenvalue weighted by molar-refractivity contribution is 0.121. The minimum absolute atomic E-state index is 0. The van der Waals surface area contributed by atoms with Crippen LogP contribution in [0.5, 0.6) is 0 Å². The number of nitrogens with zero attached hydrogens (tertiary/aromatic N) is 4. The maximum Gasteiger partial charge on any atom is 0.194 e. The number of piperazine rings is 1. The molecule has 0 radical (unpaired) electrons. The molecule has 1 N–H and O–H groups in total. The largest absolute Gasteiger partial charge is 0.383 e. The third kappa shape index (κ3) is 8.43. The number of nitrogens with one attached hydrogen (secondary N) is 1. The van der Waals surface area contributed by atoms with Crippen molar-refractivity contribution < 1.29 is 4.74 Å². The van der Waals surface area contributed by atoms with E-state index in [1.54, 1.807) is 18.4 Å². The first-order chi connectivity index (χ1) is 14.2. The molecule has 9 heteroatoms. The van der Waals surface area contributed by atoms with Crippen LogP contribution in [0, 0.1) is 5.92 Å². The molecular formula is C21H37ClIN5OS. The Bertz CT molecular complexity index is 631. The van der Waals surface area contributed by atoms with E-state index in [4.69, 9.17) is 21.3 Å². The molecule has 30 heavy (non-hydrogen) atoms. The number of ether oxygens (including phenoxy) is 1. The summed E-state index contributed by atoms with van der Waals surface area (Å²) in [5.41, 5.74) is 0. The molecule has 172 valence electrons. The summed E-state index contributed by atoms with van der Waals surface area (Å²) in [6.45, 7) is 13.4. The molecule has 0 amide bonds. The zero-order valence-electron chi connectivity index (χ0n) is 18.3. The van der Waals surface area contributed by atoms with Crippen molar-refractivity contribution in [3.63, 3.8) is 0 Å². The Morgan fingerprint density at radius 2 is 1.90 bits per heavy atom. The molecule has 1 aromatic rings. The fourth-order valence-electron chi connectivity index (χ4n) is 4.03. The minimum atomic E-state index is 0. The molecule has 2 aliphatic rings. The molecule has 0 saturated carbocycles. The Balaban J connectivity index is 0.00000320. The van der Waals surface area contributed by atoms with E-state index in [2.05, 4.69) is 33.0 Å². The number of likely N-dealkylation sites (tertiary alicyclic amines) is 1. The molecular weight excluding hydrogens is 533 g/mol. The van der Waals surface area contributed by atoms with Crippen molar-refractivity contribution in [2.24, 2.45) is 10.9 Å². The number of aliphatic imine (C=N–C) groups is 1.